The zero-order chi connectivity index (χ0) is 42.9. The average Bonchev–Trinajstić information content (AvgIpc) is 3.23. The number of halogens is 1. The summed E-state index contributed by atoms with van der Waals surface area (Å²) in [4.78, 5) is 56.9. The van der Waals surface area contributed by atoms with Gasteiger partial charge in [0.1, 0.15) is 18.0 Å². The standard InChI is InChI=1S/C47H51ClN6O5Si/c1-46(2,3)59-45(56)54(36-21-17-20-35(48)28-36)42-32-50-31-41(52-42)40-29-37(30-51-43(40)49)53(44(55)58-33-34-18-9-6-10-19-34)27-16-15-26-47(4,5)60(57,38-22-11-7-12-23-38)39-24-13-8-14-25-39/h6-14,17-25,28-32,57H,15-16,26-27,33H2,1-5H3,(H2,49,51). The molecule has 3 N–H and O–H groups in total. The maximum absolute atomic E-state index is 14.0. The van der Waals surface area contributed by atoms with Crippen LogP contribution in [0.25, 0.3) is 11.3 Å². The van der Waals surface area contributed by atoms with E-state index >= 15 is 0 Å². The first-order valence-electron chi connectivity index (χ1n) is 19.8. The van der Waals surface area contributed by atoms with Crippen molar-refractivity contribution < 1.29 is 23.9 Å². The Morgan fingerprint density at radius 3 is 2.02 bits per heavy atom. The molecule has 0 spiro atoms. The molecule has 2 heterocycles. The maximum Gasteiger partial charge on any atom is 0.420 e. The molecule has 0 radical (unpaired) electrons. The summed E-state index contributed by atoms with van der Waals surface area (Å²) in [6.07, 6.45) is 5.23. The Bertz CT molecular complexity index is 2340. The van der Waals surface area contributed by atoms with E-state index in [0.717, 1.165) is 15.9 Å². The lowest BCUT2D eigenvalue weighted by Gasteiger charge is -2.41. The number of nitrogen functional groups attached to an aromatic ring is 1. The number of pyridine rings is 1. The number of hydrogen-bond donors (Lipinski definition) is 2. The number of carbonyl (C=O) groups excluding carboxylic acids is 2. The van der Waals surface area contributed by atoms with Crippen LogP contribution in [0.1, 0.15) is 59.4 Å². The Balaban J connectivity index is 1.29. The number of nitrogens with zero attached hydrogens (tertiary/aromatic N) is 5. The molecule has 11 nitrogen and oxygen atoms in total. The number of amides is 2. The van der Waals surface area contributed by atoms with E-state index in [1.807, 2.05) is 91.0 Å². The Labute approximate surface area is 357 Å². The summed E-state index contributed by atoms with van der Waals surface area (Å²) in [6.45, 7) is 9.95. The highest BCUT2D eigenvalue weighted by molar-refractivity contribution is 6.98. The summed E-state index contributed by atoms with van der Waals surface area (Å²) in [7, 11) is -3.23. The highest BCUT2D eigenvalue weighted by Gasteiger charge is 2.49. The van der Waals surface area contributed by atoms with E-state index in [0.29, 0.717) is 46.9 Å². The van der Waals surface area contributed by atoms with Crippen molar-refractivity contribution in [3.05, 3.63) is 151 Å². The molecule has 0 saturated carbocycles. The van der Waals surface area contributed by atoms with Crippen molar-refractivity contribution in [2.45, 2.75) is 71.1 Å². The normalized spacial score (nSPS) is 11.8. The van der Waals surface area contributed by atoms with Gasteiger partial charge >= 0.3 is 12.2 Å². The fourth-order valence-corrected chi connectivity index (χ4v) is 11.1. The highest BCUT2D eigenvalue weighted by atomic mass is 35.5. The summed E-state index contributed by atoms with van der Waals surface area (Å²) >= 11 is 6.34. The topological polar surface area (TPSA) is 144 Å². The second kappa shape index (κ2) is 18.9. The second-order valence-electron chi connectivity index (χ2n) is 16.2. The van der Waals surface area contributed by atoms with Gasteiger partial charge in [-0.2, -0.15) is 0 Å². The van der Waals surface area contributed by atoms with Crippen molar-refractivity contribution in [3.63, 3.8) is 0 Å². The van der Waals surface area contributed by atoms with Crippen LogP contribution < -0.4 is 25.9 Å². The van der Waals surface area contributed by atoms with Gasteiger partial charge in [-0.3, -0.25) is 9.88 Å². The van der Waals surface area contributed by atoms with Crippen LogP contribution in [0.4, 0.5) is 32.6 Å². The van der Waals surface area contributed by atoms with Gasteiger partial charge in [-0.1, -0.05) is 129 Å². The molecule has 4 aromatic carbocycles. The van der Waals surface area contributed by atoms with Gasteiger partial charge in [-0.05, 0) is 78.9 Å². The van der Waals surface area contributed by atoms with Gasteiger partial charge in [0.2, 0.25) is 0 Å². The fraction of sp³-hybridized carbons (Fsp3) is 0.255. The summed E-state index contributed by atoms with van der Waals surface area (Å²) in [5.74, 6) is 0.298. The number of benzene rings is 4. The second-order valence-corrected chi connectivity index (χ2v) is 20.5. The Morgan fingerprint density at radius 2 is 1.40 bits per heavy atom. The zero-order valence-electron chi connectivity index (χ0n) is 34.6. The number of nitrogens with two attached hydrogens (primary N) is 1. The molecule has 60 heavy (non-hydrogen) atoms. The first-order valence-corrected chi connectivity index (χ1v) is 22.2. The van der Waals surface area contributed by atoms with E-state index in [4.69, 9.17) is 31.8 Å². The van der Waals surface area contributed by atoms with Crippen molar-refractivity contribution in [3.8, 4) is 11.3 Å². The molecule has 0 fully saturated rings. The van der Waals surface area contributed by atoms with Crippen molar-refractivity contribution >= 4 is 65.5 Å². The predicted octanol–water partition coefficient (Wildman–Crippen LogP) is 9.69. The third-order valence-electron chi connectivity index (χ3n) is 10.2. The minimum Gasteiger partial charge on any atom is -0.444 e. The first-order chi connectivity index (χ1) is 28.7. The SMILES string of the molecule is CC(C)(C)OC(=O)N(c1cccc(Cl)c1)c1cncc(-c2cc(N(CCCCC(C)(C)[Si](O)(c3ccccc3)c3ccccc3)C(=O)OCc3ccccc3)cnc2N)n1. The lowest BCUT2D eigenvalue weighted by atomic mass is 10.0. The molecule has 0 aliphatic heterocycles. The van der Waals surface area contributed by atoms with E-state index in [2.05, 4.69) is 23.8 Å². The van der Waals surface area contributed by atoms with Crippen LogP contribution in [0.15, 0.2) is 140 Å². The molecule has 0 aliphatic carbocycles. The van der Waals surface area contributed by atoms with Gasteiger partial charge in [0.05, 0.1) is 35.7 Å². The van der Waals surface area contributed by atoms with Crippen molar-refractivity contribution in [1.82, 2.24) is 15.0 Å². The highest BCUT2D eigenvalue weighted by Crippen LogP contribution is 2.40. The molecule has 6 rings (SSSR count). The number of carbonyl (C=O) groups is 2. The van der Waals surface area contributed by atoms with Gasteiger partial charge in [-0.15, -0.1) is 0 Å². The molecular formula is C47H51ClN6O5Si. The molecule has 13 heteroatoms. The van der Waals surface area contributed by atoms with E-state index in [1.165, 1.54) is 23.5 Å². The van der Waals surface area contributed by atoms with Crippen molar-refractivity contribution in [1.29, 1.82) is 0 Å². The van der Waals surface area contributed by atoms with Crippen molar-refractivity contribution in [2.75, 3.05) is 22.1 Å². The third kappa shape index (κ3) is 10.4. The molecular weight excluding hydrogens is 792 g/mol. The van der Waals surface area contributed by atoms with Crippen LogP contribution >= 0.6 is 11.6 Å². The number of anilines is 4. The molecule has 2 aromatic heterocycles. The minimum absolute atomic E-state index is 0.0722. The average molecular weight is 844 g/mol. The molecule has 0 atom stereocenters. The monoisotopic (exact) mass is 842 g/mol. The van der Waals surface area contributed by atoms with Gasteiger partial charge in [0.25, 0.3) is 8.32 Å². The minimum atomic E-state index is -3.23. The Hall–Kier alpha value is -6.08. The van der Waals surface area contributed by atoms with Gasteiger partial charge in [0, 0.05) is 17.1 Å². The Kier molecular flexibility index (Phi) is 13.7. The number of aromatic nitrogens is 3. The van der Waals surface area contributed by atoms with Crippen LogP contribution in [0.2, 0.25) is 10.1 Å². The van der Waals surface area contributed by atoms with E-state index in [9.17, 15) is 14.4 Å². The summed E-state index contributed by atoms with van der Waals surface area (Å²) in [5.41, 5.74) is 8.07. The summed E-state index contributed by atoms with van der Waals surface area (Å²) in [5, 5.41) is 1.84. The Morgan fingerprint density at radius 1 is 0.767 bits per heavy atom. The molecule has 0 aliphatic rings. The van der Waals surface area contributed by atoms with Crippen LogP contribution in [0.5, 0.6) is 0 Å². The molecule has 6 aromatic rings. The maximum atomic E-state index is 14.0. The summed E-state index contributed by atoms with van der Waals surface area (Å²) < 4.78 is 11.6. The van der Waals surface area contributed by atoms with Gasteiger partial charge in [-0.25, -0.2) is 24.5 Å². The van der Waals surface area contributed by atoms with E-state index < -0.39 is 31.1 Å². The smallest absolute Gasteiger partial charge is 0.420 e. The van der Waals surface area contributed by atoms with Crippen LogP contribution in [0, 0.1) is 0 Å². The van der Waals surface area contributed by atoms with E-state index in [1.54, 1.807) is 56.0 Å². The molecule has 2 amide bonds. The van der Waals surface area contributed by atoms with Gasteiger partial charge in [0.15, 0.2) is 5.82 Å². The number of hydrogen-bond acceptors (Lipinski definition) is 9. The molecule has 0 bridgehead atoms. The first kappa shape index (κ1) is 43.5. The van der Waals surface area contributed by atoms with Gasteiger partial charge < -0.3 is 20.0 Å². The third-order valence-corrected chi connectivity index (χ3v) is 15.0. The zero-order valence-corrected chi connectivity index (χ0v) is 36.3. The summed E-state index contributed by atoms with van der Waals surface area (Å²) in [6, 6.07) is 37.8. The largest absolute Gasteiger partial charge is 0.444 e. The quantitative estimate of drug-likeness (QED) is 0.0809. The van der Waals surface area contributed by atoms with Crippen LogP contribution in [0.3, 0.4) is 0 Å². The molecule has 0 saturated heterocycles. The lowest BCUT2D eigenvalue weighted by molar-refractivity contribution is 0.0598. The van der Waals surface area contributed by atoms with Crippen molar-refractivity contribution in [2.24, 2.45) is 0 Å². The lowest BCUT2D eigenvalue weighted by Crippen LogP contribution is -2.65. The molecule has 0 unspecified atom stereocenters. The number of rotatable bonds is 14. The van der Waals surface area contributed by atoms with Crippen LogP contribution in [-0.2, 0) is 16.1 Å². The number of unbranched alkanes of at least 4 members (excludes halogenated alkanes) is 1. The fourth-order valence-electron chi connectivity index (χ4n) is 7.11. The van der Waals surface area contributed by atoms with Crippen LogP contribution in [-0.4, -0.2) is 52.4 Å². The predicted molar refractivity (Wildman–Crippen MR) is 241 cm³/mol. The van der Waals surface area contributed by atoms with E-state index in [-0.39, 0.29) is 24.8 Å². The molecule has 310 valence electrons. The number of ether oxygens (including phenoxy) is 2.